The van der Waals surface area contributed by atoms with E-state index in [1.165, 1.54) is 94.1 Å². The van der Waals surface area contributed by atoms with E-state index in [0.717, 1.165) is 0 Å². The van der Waals surface area contributed by atoms with E-state index >= 15 is 0 Å². The summed E-state index contributed by atoms with van der Waals surface area (Å²) in [5.41, 5.74) is 34.4. The minimum absolute atomic E-state index is 0.00453. The lowest BCUT2D eigenvalue weighted by Crippen LogP contribution is -2.45. The molecule has 27 nitrogen and oxygen atoms in total. The van der Waals surface area contributed by atoms with Crippen LogP contribution in [0.5, 0.6) is 23.0 Å². The van der Waals surface area contributed by atoms with Gasteiger partial charge in [0.25, 0.3) is 23.6 Å². The van der Waals surface area contributed by atoms with Crippen molar-refractivity contribution in [2.24, 2.45) is 34.4 Å². The van der Waals surface area contributed by atoms with Gasteiger partial charge < -0.3 is 95.7 Å². The molecule has 0 unspecified atom stereocenters. The van der Waals surface area contributed by atoms with Crippen molar-refractivity contribution in [2.45, 2.75) is 75.5 Å². The quantitative estimate of drug-likeness (QED) is 0.0312. The molecule has 0 saturated heterocycles. The van der Waals surface area contributed by atoms with Gasteiger partial charge in [-0.1, -0.05) is 0 Å². The normalized spacial score (nSPS) is 12.2. The van der Waals surface area contributed by atoms with Gasteiger partial charge in [-0.25, -0.2) is 4.79 Å². The van der Waals surface area contributed by atoms with Crippen LogP contribution in [-0.2, 0) is 24.0 Å². The standard InChI is InChI=1S/C53H71N13O14/c1-77-41-16-12-29(24-33(41)46(59)69)61-51(74)40(11-7-23-57)66-49(72)36-27-32(15-19-44(36)80-28-45(67)68)63-53(76)39(10-6-22-56)65-48(71)35-26-31(14-18-43(35)79-3)62-52(75)38(9-5-21-55)64-47(70)34-25-30(13-17-42(34)78-2)60-50(73)37(58)8-4-20-54/h12-19,24-27,37-40H,4-11,20-23,28,54-58H2,1-3H3,(H2,59,69)(H,60,73)(H,61,74)(H,62,75)(H,63,76)(H,64,70)(H,65,71)(H,66,72)(H,67,68)/t37-,38-,39-,40-/m1/s1. The van der Waals surface area contributed by atoms with Crippen LogP contribution in [0.3, 0.4) is 0 Å². The van der Waals surface area contributed by atoms with E-state index in [9.17, 15) is 48.3 Å². The van der Waals surface area contributed by atoms with Crippen molar-refractivity contribution in [2.75, 3.05) is 75.4 Å². The summed E-state index contributed by atoms with van der Waals surface area (Å²) in [6.45, 7) is -0.0725. The molecule has 0 aromatic heterocycles. The molecule has 0 spiro atoms. The third kappa shape index (κ3) is 18.9. The van der Waals surface area contributed by atoms with Crippen LogP contribution in [0.15, 0.2) is 72.8 Å². The monoisotopic (exact) mass is 1110 g/mol. The molecular formula is C53H71N13O14. The maximum Gasteiger partial charge on any atom is 0.341 e. The number of primary amides is 1. The van der Waals surface area contributed by atoms with Crippen molar-refractivity contribution in [3.63, 3.8) is 0 Å². The molecule has 0 heterocycles. The number of anilines is 4. The highest BCUT2D eigenvalue weighted by Gasteiger charge is 2.29. The molecule has 80 heavy (non-hydrogen) atoms. The zero-order chi connectivity index (χ0) is 58.9. The molecule has 8 amide bonds. The SMILES string of the molecule is COc1ccc(NC(=O)[C@@H](CCCN)NC(=O)c2cc(NC(=O)[C@@H](CCCN)NC(=O)c3cc(NC(=O)[C@@H](CCCN)NC(=O)c4cc(NC(=O)[C@H](N)CCCN)ccc4OC)ccc3OC)ccc2OCC(=O)O)cc1C(N)=O. The summed E-state index contributed by atoms with van der Waals surface area (Å²) in [5.74, 6) is -7.18. The van der Waals surface area contributed by atoms with Gasteiger partial charge >= 0.3 is 5.97 Å². The van der Waals surface area contributed by atoms with Crippen LogP contribution in [-0.4, -0.2) is 137 Å². The first-order chi connectivity index (χ1) is 38.3. The van der Waals surface area contributed by atoms with Gasteiger partial charge in [-0.2, -0.15) is 0 Å². The molecule has 27 heteroatoms. The van der Waals surface area contributed by atoms with E-state index < -0.39 is 84.0 Å². The van der Waals surface area contributed by atoms with Crippen LogP contribution >= 0.6 is 0 Å². The Kier molecular flexibility index (Phi) is 25.5. The lowest BCUT2D eigenvalue weighted by molar-refractivity contribution is -0.139. The van der Waals surface area contributed by atoms with Crippen LogP contribution in [0.25, 0.3) is 0 Å². The van der Waals surface area contributed by atoms with Crippen molar-refractivity contribution < 1.29 is 67.2 Å². The van der Waals surface area contributed by atoms with Gasteiger partial charge in [0.2, 0.25) is 23.6 Å². The van der Waals surface area contributed by atoms with Crippen LogP contribution in [0.1, 0.15) is 92.8 Å². The Hall–Kier alpha value is -8.89. The Morgan fingerprint density at radius 1 is 0.450 bits per heavy atom. The second kappa shape index (κ2) is 32.1. The number of rotatable bonds is 33. The number of nitrogens with one attached hydrogen (secondary N) is 7. The van der Waals surface area contributed by atoms with Crippen molar-refractivity contribution in [1.29, 1.82) is 0 Å². The Morgan fingerprint density at radius 3 is 1.07 bits per heavy atom. The lowest BCUT2D eigenvalue weighted by atomic mass is 10.1. The molecule has 0 fully saturated rings. The predicted molar refractivity (Wildman–Crippen MR) is 296 cm³/mol. The van der Waals surface area contributed by atoms with Crippen molar-refractivity contribution in [3.05, 3.63) is 95.1 Å². The van der Waals surface area contributed by atoms with Crippen molar-refractivity contribution in [3.8, 4) is 23.0 Å². The van der Waals surface area contributed by atoms with E-state index in [0.29, 0.717) is 25.8 Å². The van der Waals surface area contributed by atoms with Crippen molar-refractivity contribution >= 4 is 76.0 Å². The minimum Gasteiger partial charge on any atom is -0.496 e. The molecule has 20 N–H and O–H groups in total. The zero-order valence-electron chi connectivity index (χ0n) is 44.6. The number of aliphatic carboxylic acids is 1. The van der Waals surface area contributed by atoms with Gasteiger partial charge in [0.1, 0.15) is 41.1 Å². The van der Waals surface area contributed by atoms with Gasteiger partial charge in [-0.15, -0.1) is 0 Å². The molecule has 4 rings (SSSR count). The second-order valence-electron chi connectivity index (χ2n) is 17.9. The highest BCUT2D eigenvalue weighted by atomic mass is 16.5. The Labute approximate surface area is 461 Å². The summed E-state index contributed by atoms with van der Waals surface area (Å²) in [6, 6.07) is 11.9. The predicted octanol–water partition coefficient (Wildman–Crippen LogP) is 0.707. The van der Waals surface area contributed by atoms with E-state index in [4.69, 9.17) is 53.3 Å². The first kappa shape index (κ1) is 63.6. The average Bonchev–Trinajstić information content (AvgIpc) is 3.49. The Morgan fingerprint density at radius 2 is 0.750 bits per heavy atom. The molecule has 0 radical (unpaired) electrons. The number of hydrogen-bond donors (Lipinski definition) is 14. The Bertz CT molecular complexity index is 2850. The molecule has 432 valence electrons. The lowest BCUT2D eigenvalue weighted by Gasteiger charge is -2.22. The van der Waals surface area contributed by atoms with Crippen molar-refractivity contribution in [1.82, 2.24) is 16.0 Å². The number of methoxy groups -OCH3 is 3. The topological polar surface area (TPSA) is 451 Å². The van der Waals surface area contributed by atoms with Gasteiger partial charge in [0.05, 0.1) is 49.6 Å². The summed E-state index contributed by atoms with van der Waals surface area (Å²) in [6.07, 6.45) is 1.85. The van der Waals surface area contributed by atoms with Gasteiger partial charge in [-0.3, -0.25) is 38.4 Å². The van der Waals surface area contributed by atoms with Crippen LogP contribution in [0.4, 0.5) is 22.7 Å². The van der Waals surface area contributed by atoms with Crippen LogP contribution in [0, 0.1) is 0 Å². The summed E-state index contributed by atoms with van der Waals surface area (Å²) in [7, 11) is 3.99. The number of benzene rings is 4. The highest BCUT2D eigenvalue weighted by Crippen LogP contribution is 2.28. The number of carbonyl (C=O) groups is 9. The summed E-state index contributed by atoms with van der Waals surface area (Å²) < 4.78 is 21.5. The fourth-order valence-electron chi connectivity index (χ4n) is 7.83. The molecule has 0 aliphatic heterocycles. The first-order valence-corrected chi connectivity index (χ1v) is 25.4. The van der Waals surface area contributed by atoms with E-state index in [1.807, 2.05) is 0 Å². The summed E-state index contributed by atoms with van der Waals surface area (Å²) >= 11 is 0. The fourth-order valence-corrected chi connectivity index (χ4v) is 7.83. The maximum absolute atomic E-state index is 14.1. The molecule has 4 atom stereocenters. The number of carboxylic acids is 1. The minimum atomic E-state index is -1.37. The number of hydrogen-bond acceptors (Lipinski definition) is 18. The molecule has 0 aliphatic carbocycles. The first-order valence-electron chi connectivity index (χ1n) is 25.4. The largest absolute Gasteiger partial charge is 0.496 e. The van der Waals surface area contributed by atoms with E-state index in [1.54, 1.807) is 0 Å². The van der Waals surface area contributed by atoms with Gasteiger partial charge in [0, 0.05) is 22.7 Å². The summed E-state index contributed by atoms with van der Waals surface area (Å²) in [5, 5.41) is 28.1. The molecule has 4 aromatic rings. The molecule has 0 aliphatic rings. The highest BCUT2D eigenvalue weighted by molar-refractivity contribution is 6.07. The third-order valence-electron chi connectivity index (χ3n) is 12.0. The molecular weight excluding hydrogens is 1040 g/mol. The van der Waals surface area contributed by atoms with Gasteiger partial charge in [-0.05, 0) is 150 Å². The molecule has 0 bridgehead atoms. The van der Waals surface area contributed by atoms with Crippen LogP contribution < -0.4 is 90.6 Å². The maximum atomic E-state index is 14.1. The number of ether oxygens (including phenoxy) is 4. The molecule has 0 saturated carbocycles. The Balaban J connectivity index is 1.57. The average molecular weight is 1110 g/mol. The number of carboxylic acid groups (broad SMARTS) is 1. The zero-order valence-corrected chi connectivity index (χ0v) is 44.6. The number of nitrogens with two attached hydrogens (primary N) is 6. The van der Waals surface area contributed by atoms with Gasteiger partial charge in [0.15, 0.2) is 6.61 Å². The fraction of sp³-hybridized carbons (Fsp3) is 0.377. The van der Waals surface area contributed by atoms with Crippen LogP contribution in [0.2, 0.25) is 0 Å². The number of amides is 8. The van der Waals surface area contributed by atoms with E-state index in [-0.39, 0.29) is 120 Å². The number of carbonyl (C=O) groups excluding carboxylic acids is 8. The smallest absolute Gasteiger partial charge is 0.341 e. The second-order valence-corrected chi connectivity index (χ2v) is 17.9. The van der Waals surface area contributed by atoms with E-state index in [2.05, 4.69) is 37.2 Å². The third-order valence-corrected chi connectivity index (χ3v) is 12.0. The summed E-state index contributed by atoms with van der Waals surface area (Å²) in [4.78, 5) is 120. The molecule has 4 aromatic carbocycles.